The van der Waals surface area contributed by atoms with Gasteiger partial charge in [-0.3, -0.25) is 4.90 Å². The second-order valence-electron chi connectivity index (χ2n) is 5.96. The smallest absolute Gasteiger partial charge is 0.0695 e. The highest BCUT2D eigenvalue weighted by molar-refractivity contribution is 5.61. The zero-order valence-electron chi connectivity index (χ0n) is 11.7. The molecular weight excluding hydrogens is 236 g/mol. The zero-order valence-corrected chi connectivity index (χ0v) is 11.7. The number of likely N-dealkylation sites (N-methyl/N-ethyl adjacent to an activating group) is 1. The standard InChI is InChI=1S/C16H24N2O/c1-18(14-7-2-3-8-15(14)19)11-13-6-4-5-12-9-10-17-16(12)13/h4-6,14-15,17,19H,2-3,7-11H2,1H3. The molecule has 0 amide bonds. The van der Waals surface area contributed by atoms with E-state index < -0.39 is 0 Å². The van der Waals surface area contributed by atoms with E-state index >= 15 is 0 Å². The summed E-state index contributed by atoms with van der Waals surface area (Å²) in [6, 6.07) is 6.91. The van der Waals surface area contributed by atoms with Gasteiger partial charge >= 0.3 is 0 Å². The summed E-state index contributed by atoms with van der Waals surface area (Å²) in [4.78, 5) is 2.33. The molecule has 1 aromatic rings. The topological polar surface area (TPSA) is 35.5 Å². The Labute approximate surface area is 115 Å². The molecule has 0 spiro atoms. The third-order valence-electron chi connectivity index (χ3n) is 4.61. The predicted octanol–water partition coefficient (Wildman–Crippen LogP) is 2.39. The molecule has 3 nitrogen and oxygen atoms in total. The fourth-order valence-electron chi connectivity index (χ4n) is 3.53. The van der Waals surface area contributed by atoms with Crippen molar-refractivity contribution in [3.63, 3.8) is 0 Å². The van der Waals surface area contributed by atoms with E-state index in [-0.39, 0.29) is 6.10 Å². The van der Waals surface area contributed by atoms with Crippen molar-refractivity contribution in [2.24, 2.45) is 0 Å². The SMILES string of the molecule is CN(Cc1cccc2c1NCC2)C1CCCCC1O. The van der Waals surface area contributed by atoms with Crippen molar-refractivity contribution in [2.75, 3.05) is 18.9 Å². The molecule has 1 saturated carbocycles. The lowest BCUT2D eigenvalue weighted by Crippen LogP contribution is -2.42. The fraction of sp³-hybridized carbons (Fsp3) is 0.625. The first-order valence-corrected chi connectivity index (χ1v) is 7.48. The van der Waals surface area contributed by atoms with Crippen LogP contribution in [0.5, 0.6) is 0 Å². The minimum Gasteiger partial charge on any atom is -0.391 e. The Kier molecular flexibility index (Phi) is 3.76. The van der Waals surface area contributed by atoms with Gasteiger partial charge in [0.2, 0.25) is 0 Å². The Bertz CT molecular complexity index is 446. The van der Waals surface area contributed by atoms with Gasteiger partial charge < -0.3 is 10.4 Å². The van der Waals surface area contributed by atoms with E-state index in [2.05, 4.69) is 35.5 Å². The molecule has 2 N–H and O–H groups in total. The summed E-state index contributed by atoms with van der Waals surface area (Å²) in [5.74, 6) is 0. The van der Waals surface area contributed by atoms with Crippen molar-refractivity contribution in [2.45, 2.75) is 50.8 Å². The van der Waals surface area contributed by atoms with Crippen molar-refractivity contribution in [3.05, 3.63) is 29.3 Å². The molecule has 104 valence electrons. The lowest BCUT2D eigenvalue weighted by atomic mass is 9.91. The minimum absolute atomic E-state index is 0.150. The van der Waals surface area contributed by atoms with Crippen molar-refractivity contribution >= 4 is 5.69 Å². The first-order chi connectivity index (χ1) is 9.25. The highest BCUT2D eigenvalue weighted by Gasteiger charge is 2.27. The lowest BCUT2D eigenvalue weighted by Gasteiger charge is -2.35. The fourth-order valence-corrected chi connectivity index (χ4v) is 3.53. The highest BCUT2D eigenvalue weighted by atomic mass is 16.3. The van der Waals surface area contributed by atoms with Crippen LogP contribution in [0.15, 0.2) is 18.2 Å². The van der Waals surface area contributed by atoms with Crippen LogP contribution in [0.2, 0.25) is 0 Å². The van der Waals surface area contributed by atoms with Crippen LogP contribution in [0.4, 0.5) is 5.69 Å². The van der Waals surface area contributed by atoms with Crippen molar-refractivity contribution < 1.29 is 5.11 Å². The summed E-state index contributed by atoms with van der Waals surface area (Å²) in [7, 11) is 2.15. The van der Waals surface area contributed by atoms with Gasteiger partial charge in [-0.1, -0.05) is 31.0 Å². The number of anilines is 1. The van der Waals surface area contributed by atoms with Crippen LogP contribution in [-0.2, 0) is 13.0 Å². The van der Waals surface area contributed by atoms with Gasteiger partial charge in [-0.25, -0.2) is 0 Å². The van der Waals surface area contributed by atoms with Gasteiger partial charge in [-0.2, -0.15) is 0 Å². The number of rotatable bonds is 3. The lowest BCUT2D eigenvalue weighted by molar-refractivity contribution is 0.0289. The van der Waals surface area contributed by atoms with E-state index in [1.54, 1.807) is 0 Å². The van der Waals surface area contributed by atoms with Crippen LogP contribution in [0, 0.1) is 0 Å². The van der Waals surface area contributed by atoms with Crippen LogP contribution < -0.4 is 5.32 Å². The Hall–Kier alpha value is -1.06. The van der Waals surface area contributed by atoms with Crippen LogP contribution >= 0.6 is 0 Å². The van der Waals surface area contributed by atoms with E-state index in [4.69, 9.17) is 0 Å². The van der Waals surface area contributed by atoms with Gasteiger partial charge in [-0.15, -0.1) is 0 Å². The minimum atomic E-state index is -0.150. The van der Waals surface area contributed by atoms with Gasteiger partial charge in [0.1, 0.15) is 0 Å². The van der Waals surface area contributed by atoms with Gasteiger partial charge in [0.25, 0.3) is 0 Å². The number of nitrogens with one attached hydrogen (secondary N) is 1. The number of para-hydroxylation sites is 1. The van der Waals surface area contributed by atoms with E-state index in [1.165, 1.54) is 29.7 Å². The molecule has 0 radical (unpaired) electrons. The third kappa shape index (κ3) is 2.63. The average molecular weight is 260 g/mol. The van der Waals surface area contributed by atoms with Gasteiger partial charge in [0.15, 0.2) is 0 Å². The number of benzene rings is 1. The molecule has 0 bridgehead atoms. The molecule has 1 heterocycles. The molecular formula is C16H24N2O. The second-order valence-corrected chi connectivity index (χ2v) is 5.96. The Morgan fingerprint density at radius 1 is 1.32 bits per heavy atom. The molecule has 2 aliphatic rings. The van der Waals surface area contributed by atoms with Crippen LogP contribution in [0.1, 0.15) is 36.8 Å². The third-order valence-corrected chi connectivity index (χ3v) is 4.61. The number of hydrogen-bond donors (Lipinski definition) is 2. The van der Waals surface area contributed by atoms with E-state index in [0.717, 1.165) is 32.4 Å². The van der Waals surface area contributed by atoms with Crippen molar-refractivity contribution in [1.82, 2.24) is 4.90 Å². The number of aliphatic hydroxyl groups is 1. The zero-order chi connectivity index (χ0) is 13.2. The molecule has 1 aliphatic carbocycles. The summed E-state index contributed by atoms with van der Waals surface area (Å²) in [6.07, 6.45) is 5.49. The van der Waals surface area contributed by atoms with Gasteiger partial charge in [0, 0.05) is 24.8 Å². The molecule has 0 saturated heterocycles. The van der Waals surface area contributed by atoms with Crippen LogP contribution in [-0.4, -0.2) is 35.7 Å². The normalized spacial score (nSPS) is 26.3. The Morgan fingerprint density at radius 3 is 3.00 bits per heavy atom. The molecule has 2 unspecified atom stereocenters. The summed E-state index contributed by atoms with van der Waals surface area (Å²) in [5, 5.41) is 13.7. The van der Waals surface area contributed by atoms with Crippen molar-refractivity contribution in [3.8, 4) is 0 Å². The molecule has 1 fully saturated rings. The summed E-state index contributed by atoms with van der Waals surface area (Å²) in [5.41, 5.74) is 4.14. The van der Waals surface area contributed by atoms with Crippen LogP contribution in [0.3, 0.4) is 0 Å². The number of aliphatic hydroxyl groups excluding tert-OH is 1. The van der Waals surface area contributed by atoms with E-state index in [0.29, 0.717) is 6.04 Å². The Morgan fingerprint density at radius 2 is 2.16 bits per heavy atom. The summed E-state index contributed by atoms with van der Waals surface area (Å²) < 4.78 is 0. The van der Waals surface area contributed by atoms with E-state index in [9.17, 15) is 5.11 Å². The maximum Gasteiger partial charge on any atom is 0.0695 e. The summed E-state index contributed by atoms with van der Waals surface area (Å²) >= 11 is 0. The van der Waals surface area contributed by atoms with Crippen LogP contribution in [0.25, 0.3) is 0 Å². The molecule has 3 rings (SSSR count). The maximum absolute atomic E-state index is 10.2. The average Bonchev–Trinajstić information content (AvgIpc) is 2.88. The largest absolute Gasteiger partial charge is 0.391 e. The van der Waals surface area contributed by atoms with Gasteiger partial charge in [0.05, 0.1) is 6.10 Å². The first kappa shape index (κ1) is 12.9. The molecule has 2 atom stereocenters. The molecule has 1 aliphatic heterocycles. The van der Waals surface area contributed by atoms with Crippen molar-refractivity contribution in [1.29, 1.82) is 0 Å². The quantitative estimate of drug-likeness (QED) is 0.876. The summed E-state index contributed by atoms with van der Waals surface area (Å²) in [6.45, 7) is 1.99. The number of hydrogen-bond acceptors (Lipinski definition) is 3. The number of fused-ring (bicyclic) bond motifs is 1. The second kappa shape index (κ2) is 5.51. The molecule has 19 heavy (non-hydrogen) atoms. The van der Waals surface area contributed by atoms with E-state index in [1.807, 2.05) is 0 Å². The van der Waals surface area contributed by atoms with Gasteiger partial charge in [-0.05, 0) is 37.4 Å². The Balaban J connectivity index is 1.72. The monoisotopic (exact) mass is 260 g/mol. The maximum atomic E-state index is 10.2. The molecule has 3 heteroatoms. The first-order valence-electron chi connectivity index (χ1n) is 7.48. The molecule has 1 aromatic carbocycles. The highest BCUT2D eigenvalue weighted by Crippen LogP contribution is 2.29. The predicted molar refractivity (Wildman–Crippen MR) is 78.4 cm³/mol. The molecule has 0 aromatic heterocycles. The number of nitrogens with zero attached hydrogens (tertiary/aromatic N) is 1.